The van der Waals surface area contributed by atoms with Crippen molar-refractivity contribution in [1.82, 2.24) is 10.3 Å². The number of hydrogen-bond donors (Lipinski definition) is 2. The lowest BCUT2D eigenvalue weighted by Gasteiger charge is -2.31. The van der Waals surface area contributed by atoms with E-state index >= 15 is 0 Å². The van der Waals surface area contributed by atoms with Gasteiger partial charge in [-0.3, -0.25) is 4.79 Å². The van der Waals surface area contributed by atoms with Gasteiger partial charge in [0.25, 0.3) is 5.91 Å². The predicted molar refractivity (Wildman–Crippen MR) is 77.2 cm³/mol. The monoisotopic (exact) mass is 281 g/mol. The normalized spacial score (nSPS) is 23.1. The molecule has 0 radical (unpaired) electrons. The molecule has 1 aromatic heterocycles. The zero-order valence-electron chi connectivity index (χ0n) is 11.2. The van der Waals surface area contributed by atoms with Crippen molar-refractivity contribution in [2.45, 2.75) is 45.1 Å². The van der Waals surface area contributed by atoms with Gasteiger partial charge in [0.05, 0.1) is 17.4 Å². The second-order valence-electron chi connectivity index (χ2n) is 5.14. The van der Waals surface area contributed by atoms with Crippen LogP contribution in [-0.2, 0) is 0 Å². The fourth-order valence-electron chi connectivity index (χ4n) is 2.76. The number of nitrogens with zero attached hydrogens (tertiary/aromatic N) is 1. The number of aromatic nitrogens is 1. The average Bonchev–Trinajstić information content (AvgIpc) is 2.42. The van der Waals surface area contributed by atoms with Crippen molar-refractivity contribution in [2.24, 2.45) is 5.92 Å². The molecule has 2 atom stereocenters. The second kappa shape index (κ2) is 6.24. The molecule has 104 valence electrons. The zero-order valence-corrected chi connectivity index (χ0v) is 11.9. The van der Waals surface area contributed by atoms with Crippen molar-refractivity contribution in [3.63, 3.8) is 0 Å². The highest BCUT2D eigenvalue weighted by molar-refractivity contribution is 6.32. The van der Waals surface area contributed by atoms with Crippen LogP contribution in [0.3, 0.4) is 0 Å². The highest BCUT2D eigenvalue weighted by atomic mass is 35.5. The minimum atomic E-state index is -0.171. The van der Waals surface area contributed by atoms with Gasteiger partial charge in [-0.2, -0.15) is 0 Å². The van der Waals surface area contributed by atoms with Crippen molar-refractivity contribution >= 4 is 23.2 Å². The van der Waals surface area contributed by atoms with Crippen LogP contribution in [0, 0.1) is 5.92 Å². The van der Waals surface area contributed by atoms with Gasteiger partial charge in [-0.15, -0.1) is 0 Å². The van der Waals surface area contributed by atoms with Crippen LogP contribution >= 0.6 is 11.6 Å². The summed E-state index contributed by atoms with van der Waals surface area (Å²) < 4.78 is 0. The molecule has 1 aliphatic carbocycles. The Morgan fingerprint density at radius 3 is 3.00 bits per heavy atom. The lowest BCUT2D eigenvalue weighted by atomic mass is 9.83. The smallest absolute Gasteiger partial charge is 0.254 e. The maximum atomic E-state index is 12.3. The van der Waals surface area contributed by atoms with Crippen LogP contribution in [-0.4, -0.2) is 16.9 Å². The maximum absolute atomic E-state index is 12.3. The van der Waals surface area contributed by atoms with E-state index in [9.17, 15) is 4.79 Å². The van der Waals surface area contributed by atoms with Crippen molar-refractivity contribution in [3.05, 3.63) is 23.0 Å². The third-order valence-corrected chi connectivity index (χ3v) is 4.16. The summed E-state index contributed by atoms with van der Waals surface area (Å²) in [5.74, 6) is 0.389. The summed E-state index contributed by atoms with van der Waals surface area (Å²) in [7, 11) is 0. The minimum absolute atomic E-state index is 0.171. The molecule has 1 amide bonds. The second-order valence-corrected chi connectivity index (χ2v) is 5.50. The minimum Gasteiger partial charge on any atom is -0.397 e. The molecular weight excluding hydrogens is 262 g/mol. The molecule has 0 saturated heterocycles. The molecule has 0 spiro atoms. The van der Waals surface area contributed by atoms with Gasteiger partial charge in [0.2, 0.25) is 0 Å². The molecule has 1 heterocycles. The van der Waals surface area contributed by atoms with Crippen LogP contribution in [0.5, 0.6) is 0 Å². The van der Waals surface area contributed by atoms with Crippen molar-refractivity contribution < 1.29 is 4.79 Å². The maximum Gasteiger partial charge on any atom is 0.254 e. The molecule has 1 aromatic rings. The Morgan fingerprint density at radius 2 is 2.26 bits per heavy atom. The lowest BCUT2D eigenvalue weighted by molar-refractivity contribution is 0.0904. The average molecular weight is 282 g/mol. The molecule has 0 bridgehead atoms. The molecular formula is C14H20ClN3O. The number of carbonyl (C=O) groups is 1. The summed E-state index contributed by atoms with van der Waals surface area (Å²) in [5.41, 5.74) is 6.46. The molecule has 0 aliphatic heterocycles. The molecule has 4 nitrogen and oxygen atoms in total. The highest BCUT2D eigenvalue weighted by Crippen LogP contribution is 2.27. The SMILES string of the molecule is CCC1CCCCC1NC(=O)c1cc(N)cnc1Cl. The molecule has 19 heavy (non-hydrogen) atoms. The molecule has 2 unspecified atom stereocenters. The van der Waals surface area contributed by atoms with Gasteiger partial charge in [0.15, 0.2) is 0 Å². The molecule has 3 N–H and O–H groups in total. The molecule has 1 saturated carbocycles. The number of hydrogen-bond acceptors (Lipinski definition) is 3. The largest absolute Gasteiger partial charge is 0.397 e. The first-order valence-corrected chi connectivity index (χ1v) is 7.21. The third-order valence-electron chi connectivity index (χ3n) is 3.85. The van der Waals surface area contributed by atoms with E-state index in [0.717, 1.165) is 12.8 Å². The Labute approximate surface area is 118 Å². The fourth-order valence-corrected chi connectivity index (χ4v) is 2.95. The summed E-state index contributed by atoms with van der Waals surface area (Å²) in [6, 6.07) is 1.82. The first kappa shape index (κ1) is 14.1. The Kier molecular flexibility index (Phi) is 4.64. The number of halogens is 1. The fraction of sp³-hybridized carbons (Fsp3) is 0.571. The Bertz CT molecular complexity index is 464. The summed E-state index contributed by atoms with van der Waals surface area (Å²) in [6.45, 7) is 2.17. The van der Waals surface area contributed by atoms with Gasteiger partial charge in [-0.25, -0.2) is 4.98 Å². The standard InChI is InChI=1S/C14H20ClN3O/c1-2-9-5-3-4-6-12(9)18-14(19)11-7-10(16)8-17-13(11)15/h7-9,12H,2-6,16H2,1H3,(H,18,19). The van der Waals surface area contributed by atoms with Crippen molar-refractivity contribution in [2.75, 3.05) is 5.73 Å². The van der Waals surface area contributed by atoms with Crippen LogP contribution in [0.15, 0.2) is 12.3 Å². The van der Waals surface area contributed by atoms with Gasteiger partial charge in [0.1, 0.15) is 5.15 Å². The number of carbonyl (C=O) groups excluding carboxylic acids is 1. The Hall–Kier alpha value is -1.29. The van der Waals surface area contributed by atoms with Gasteiger partial charge in [0, 0.05) is 6.04 Å². The van der Waals surface area contributed by atoms with E-state index in [1.54, 1.807) is 6.07 Å². The van der Waals surface area contributed by atoms with E-state index in [1.165, 1.54) is 25.5 Å². The first-order valence-electron chi connectivity index (χ1n) is 6.83. The number of pyridine rings is 1. The van der Waals surface area contributed by atoms with Gasteiger partial charge >= 0.3 is 0 Å². The van der Waals surface area contributed by atoms with E-state index in [-0.39, 0.29) is 17.1 Å². The van der Waals surface area contributed by atoms with Gasteiger partial charge in [-0.05, 0) is 24.8 Å². The summed E-state index contributed by atoms with van der Waals surface area (Å²) in [5, 5.41) is 3.29. The van der Waals surface area contributed by atoms with Crippen LogP contribution in [0.1, 0.15) is 49.4 Å². The summed E-state index contributed by atoms with van der Waals surface area (Å²) in [4.78, 5) is 16.2. The zero-order chi connectivity index (χ0) is 13.8. The third kappa shape index (κ3) is 3.38. The molecule has 0 aromatic carbocycles. The predicted octanol–water partition coefficient (Wildman–Crippen LogP) is 3.02. The highest BCUT2D eigenvalue weighted by Gasteiger charge is 2.26. The quantitative estimate of drug-likeness (QED) is 0.837. The number of nitrogen functional groups attached to an aromatic ring is 1. The van der Waals surface area contributed by atoms with Crippen molar-refractivity contribution in [1.29, 1.82) is 0 Å². The Morgan fingerprint density at radius 1 is 1.53 bits per heavy atom. The topological polar surface area (TPSA) is 68.0 Å². The van der Waals surface area contributed by atoms with E-state index in [2.05, 4.69) is 17.2 Å². The number of nitrogens with two attached hydrogens (primary N) is 1. The summed E-state index contributed by atoms with van der Waals surface area (Å²) >= 11 is 5.95. The van der Waals surface area contributed by atoms with Crippen LogP contribution in [0.2, 0.25) is 5.15 Å². The van der Waals surface area contributed by atoms with Crippen LogP contribution in [0.4, 0.5) is 5.69 Å². The lowest BCUT2D eigenvalue weighted by Crippen LogP contribution is -2.42. The molecule has 1 fully saturated rings. The van der Waals surface area contributed by atoms with E-state index in [4.69, 9.17) is 17.3 Å². The Balaban J connectivity index is 2.09. The first-order chi connectivity index (χ1) is 9.11. The van der Waals surface area contributed by atoms with Gasteiger partial charge in [-0.1, -0.05) is 37.8 Å². The molecule has 2 rings (SSSR count). The van der Waals surface area contributed by atoms with E-state index < -0.39 is 0 Å². The number of amides is 1. The molecule has 1 aliphatic rings. The van der Waals surface area contributed by atoms with Crippen LogP contribution in [0.25, 0.3) is 0 Å². The van der Waals surface area contributed by atoms with Gasteiger partial charge < -0.3 is 11.1 Å². The van der Waals surface area contributed by atoms with Crippen molar-refractivity contribution in [3.8, 4) is 0 Å². The number of nitrogens with one attached hydrogen (secondary N) is 1. The molecule has 5 heteroatoms. The van der Waals surface area contributed by atoms with E-state index in [0.29, 0.717) is 17.2 Å². The van der Waals surface area contributed by atoms with E-state index in [1.807, 2.05) is 0 Å². The van der Waals surface area contributed by atoms with Crippen LogP contribution < -0.4 is 11.1 Å². The number of rotatable bonds is 3. The number of anilines is 1. The summed E-state index contributed by atoms with van der Waals surface area (Å²) in [6.07, 6.45) is 7.19.